The summed E-state index contributed by atoms with van der Waals surface area (Å²) in [4.78, 5) is 28.5. The van der Waals surface area contributed by atoms with Gasteiger partial charge in [0.05, 0.1) is 0 Å². The van der Waals surface area contributed by atoms with Crippen LogP contribution in [0.5, 0.6) is 5.75 Å². The average Bonchev–Trinajstić information content (AvgIpc) is 2.47. The lowest BCUT2D eigenvalue weighted by atomic mass is 9.90. The van der Waals surface area contributed by atoms with Gasteiger partial charge >= 0.3 is 6.15 Å². The number of hydrogen-bond acceptors (Lipinski definition) is 4. The van der Waals surface area contributed by atoms with E-state index in [0.717, 1.165) is 43.2 Å². The summed E-state index contributed by atoms with van der Waals surface area (Å²) in [5, 5.41) is 12.6. The molecule has 5 heteroatoms. The van der Waals surface area contributed by atoms with Gasteiger partial charge in [0.1, 0.15) is 5.75 Å². The van der Waals surface area contributed by atoms with Crippen molar-refractivity contribution in [2.24, 2.45) is 5.92 Å². The standard InChI is InChI=1S/C17H23NO2.CO2/c1-3-5-13-9-15(11-16(19)10-13)18-17(20)14-7-4-6-12(2)8-14;2-1-3/h7,9-12,19H,3-6,8H2,1-2H3,(H,18,20);. The van der Waals surface area contributed by atoms with Crippen LogP contribution in [0.15, 0.2) is 29.8 Å². The van der Waals surface area contributed by atoms with E-state index in [4.69, 9.17) is 9.59 Å². The van der Waals surface area contributed by atoms with Gasteiger partial charge in [-0.1, -0.05) is 26.3 Å². The number of aryl methyl sites for hydroxylation is 1. The zero-order valence-corrected chi connectivity index (χ0v) is 13.6. The van der Waals surface area contributed by atoms with Crippen molar-refractivity contribution in [1.82, 2.24) is 0 Å². The van der Waals surface area contributed by atoms with Crippen LogP contribution in [-0.4, -0.2) is 17.2 Å². The first kappa shape index (κ1) is 18.7. The maximum Gasteiger partial charge on any atom is 0.373 e. The third kappa shape index (κ3) is 6.49. The van der Waals surface area contributed by atoms with Gasteiger partial charge in [-0.3, -0.25) is 4.79 Å². The minimum absolute atomic E-state index is 0.0374. The van der Waals surface area contributed by atoms with Crippen molar-refractivity contribution in [3.8, 4) is 5.75 Å². The van der Waals surface area contributed by atoms with Gasteiger partial charge in [-0.25, -0.2) is 0 Å². The molecule has 1 atom stereocenters. The minimum atomic E-state index is -0.0374. The monoisotopic (exact) mass is 317 g/mol. The highest BCUT2D eigenvalue weighted by Crippen LogP contribution is 2.26. The molecule has 0 aliphatic heterocycles. The molecule has 1 amide bonds. The van der Waals surface area contributed by atoms with Crippen molar-refractivity contribution < 1.29 is 19.5 Å². The van der Waals surface area contributed by atoms with E-state index in [1.807, 2.05) is 12.1 Å². The molecule has 1 aliphatic rings. The minimum Gasteiger partial charge on any atom is -0.508 e. The van der Waals surface area contributed by atoms with Crippen LogP contribution >= 0.6 is 0 Å². The summed E-state index contributed by atoms with van der Waals surface area (Å²) in [6.45, 7) is 4.27. The Balaban J connectivity index is 0.000000816. The zero-order valence-electron chi connectivity index (χ0n) is 13.6. The normalized spacial score (nSPS) is 16.4. The number of carbonyl (C=O) groups is 1. The second kappa shape index (κ2) is 9.59. The number of carbonyl (C=O) groups excluding carboxylic acids is 3. The number of hydrogen-bond donors (Lipinski definition) is 2. The second-order valence-electron chi connectivity index (χ2n) is 5.79. The summed E-state index contributed by atoms with van der Waals surface area (Å²) in [7, 11) is 0. The molecule has 2 N–H and O–H groups in total. The quantitative estimate of drug-likeness (QED) is 0.891. The highest BCUT2D eigenvalue weighted by molar-refractivity contribution is 6.03. The fourth-order valence-corrected chi connectivity index (χ4v) is 2.68. The van der Waals surface area contributed by atoms with Crippen molar-refractivity contribution in [3.05, 3.63) is 35.4 Å². The SMILES string of the molecule is CCCc1cc(O)cc(NC(=O)C2=CCCC(C)C2)c1.O=C=O. The molecule has 0 saturated carbocycles. The second-order valence-corrected chi connectivity index (χ2v) is 5.79. The van der Waals surface area contributed by atoms with Crippen LogP contribution in [-0.2, 0) is 20.8 Å². The van der Waals surface area contributed by atoms with Gasteiger partial charge in [-0.2, -0.15) is 9.59 Å². The molecular formula is C18H23NO4. The van der Waals surface area contributed by atoms with Crippen LogP contribution in [0.25, 0.3) is 0 Å². The largest absolute Gasteiger partial charge is 0.508 e. The van der Waals surface area contributed by atoms with Crippen LogP contribution in [0, 0.1) is 5.92 Å². The summed E-state index contributed by atoms with van der Waals surface area (Å²) < 4.78 is 0. The van der Waals surface area contributed by atoms with E-state index < -0.39 is 0 Å². The molecule has 1 aliphatic carbocycles. The predicted molar refractivity (Wildman–Crippen MR) is 86.8 cm³/mol. The van der Waals surface area contributed by atoms with Crippen LogP contribution < -0.4 is 5.32 Å². The average molecular weight is 317 g/mol. The lowest BCUT2D eigenvalue weighted by Gasteiger charge is -2.18. The van der Waals surface area contributed by atoms with Gasteiger partial charge in [0, 0.05) is 17.3 Å². The van der Waals surface area contributed by atoms with Crippen LogP contribution in [0.3, 0.4) is 0 Å². The van der Waals surface area contributed by atoms with E-state index in [1.165, 1.54) is 0 Å². The smallest absolute Gasteiger partial charge is 0.373 e. The highest BCUT2D eigenvalue weighted by Gasteiger charge is 2.17. The van der Waals surface area contributed by atoms with Crippen LogP contribution in [0.4, 0.5) is 5.69 Å². The number of anilines is 1. The molecule has 0 aromatic heterocycles. The van der Waals surface area contributed by atoms with Gasteiger partial charge in [-0.15, -0.1) is 0 Å². The van der Waals surface area contributed by atoms with Crippen molar-refractivity contribution in [2.75, 3.05) is 5.32 Å². The molecule has 23 heavy (non-hydrogen) atoms. The lowest BCUT2D eigenvalue weighted by Crippen LogP contribution is -2.18. The molecule has 0 heterocycles. The Bertz CT molecular complexity index is 601. The van der Waals surface area contributed by atoms with Crippen LogP contribution in [0.1, 0.15) is 45.1 Å². The number of amides is 1. The van der Waals surface area contributed by atoms with Crippen molar-refractivity contribution >= 4 is 17.7 Å². The summed E-state index contributed by atoms with van der Waals surface area (Å²) >= 11 is 0. The highest BCUT2D eigenvalue weighted by atomic mass is 16.3. The fourth-order valence-electron chi connectivity index (χ4n) is 2.68. The molecule has 0 fully saturated rings. The molecule has 0 bridgehead atoms. The van der Waals surface area contributed by atoms with E-state index in [2.05, 4.69) is 19.2 Å². The maximum atomic E-state index is 12.2. The molecule has 5 nitrogen and oxygen atoms in total. The van der Waals surface area contributed by atoms with E-state index >= 15 is 0 Å². The molecule has 0 spiro atoms. The number of phenolic OH excluding ortho intramolecular Hbond substituents is 1. The summed E-state index contributed by atoms with van der Waals surface area (Å²) in [6, 6.07) is 5.29. The zero-order chi connectivity index (χ0) is 17.2. The number of phenols is 1. The fraction of sp³-hybridized carbons (Fsp3) is 0.444. The molecule has 2 rings (SSSR count). The Morgan fingerprint density at radius 1 is 1.35 bits per heavy atom. The van der Waals surface area contributed by atoms with Gasteiger partial charge < -0.3 is 10.4 Å². The summed E-state index contributed by atoms with van der Waals surface area (Å²) in [5.74, 6) is 0.738. The Morgan fingerprint density at radius 2 is 2.04 bits per heavy atom. The Labute approximate surface area is 136 Å². The van der Waals surface area contributed by atoms with E-state index in [1.54, 1.807) is 12.1 Å². The van der Waals surface area contributed by atoms with Crippen LogP contribution in [0.2, 0.25) is 0 Å². The van der Waals surface area contributed by atoms with Gasteiger partial charge in [0.25, 0.3) is 5.91 Å². The van der Waals surface area contributed by atoms with Crippen molar-refractivity contribution in [1.29, 1.82) is 0 Å². The van der Waals surface area contributed by atoms with Crippen molar-refractivity contribution in [2.45, 2.75) is 46.0 Å². The molecule has 124 valence electrons. The number of rotatable bonds is 4. The number of nitrogens with one attached hydrogen (secondary N) is 1. The molecular weight excluding hydrogens is 294 g/mol. The number of aromatic hydroxyl groups is 1. The van der Waals surface area contributed by atoms with Gasteiger partial charge in [-0.05, 0) is 49.3 Å². The molecule has 1 unspecified atom stereocenters. The van der Waals surface area contributed by atoms with E-state index in [-0.39, 0.29) is 17.8 Å². The first-order chi connectivity index (χ1) is 11.0. The lowest BCUT2D eigenvalue weighted by molar-refractivity contribution is -0.191. The first-order valence-corrected chi connectivity index (χ1v) is 7.82. The predicted octanol–water partition coefficient (Wildman–Crippen LogP) is 3.45. The van der Waals surface area contributed by atoms with Crippen molar-refractivity contribution in [3.63, 3.8) is 0 Å². The van der Waals surface area contributed by atoms with Gasteiger partial charge in [0.15, 0.2) is 0 Å². The number of benzene rings is 1. The molecule has 1 aromatic carbocycles. The first-order valence-electron chi connectivity index (χ1n) is 7.82. The Kier molecular flexibility index (Phi) is 7.78. The number of allylic oxidation sites excluding steroid dienone is 1. The van der Waals surface area contributed by atoms with Gasteiger partial charge in [0.2, 0.25) is 0 Å². The summed E-state index contributed by atoms with van der Waals surface area (Å²) in [5.41, 5.74) is 2.59. The Morgan fingerprint density at radius 3 is 2.65 bits per heavy atom. The molecule has 0 saturated heterocycles. The molecule has 1 aromatic rings. The third-order valence-corrected chi connectivity index (χ3v) is 3.68. The third-order valence-electron chi connectivity index (χ3n) is 3.68. The van der Waals surface area contributed by atoms with E-state index in [9.17, 15) is 9.90 Å². The summed E-state index contributed by atoms with van der Waals surface area (Å²) in [6.07, 6.45) is 7.17. The topological polar surface area (TPSA) is 83.5 Å². The molecule has 0 radical (unpaired) electrons. The van der Waals surface area contributed by atoms with E-state index in [0.29, 0.717) is 11.6 Å². The maximum absolute atomic E-state index is 12.2. The Hall–Kier alpha value is -2.39.